The van der Waals surface area contributed by atoms with Gasteiger partial charge in [-0.1, -0.05) is 0 Å². The molecular weight excluding hydrogens is 375 g/mol. The van der Waals surface area contributed by atoms with E-state index in [0.717, 1.165) is 0 Å². The van der Waals surface area contributed by atoms with Crippen molar-refractivity contribution in [3.8, 4) is 0 Å². The Hall–Kier alpha value is 0.931. The number of hydrogen-bond donors (Lipinski definition) is 0. The van der Waals surface area contributed by atoms with Crippen molar-refractivity contribution < 1.29 is 55.6 Å². The molecule has 0 amide bonds. The summed E-state index contributed by atoms with van der Waals surface area (Å²) in [7, 11) is 0. The van der Waals surface area contributed by atoms with Crippen LogP contribution >= 0.6 is 19.8 Å². The number of hydrogen-bond acceptors (Lipinski definition) is 2. The van der Waals surface area contributed by atoms with E-state index in [2.05, 4.69) is 25.8 Å². The molecule has 0 radical (unpaired) electrons. The minimum atomic E-state index is -0.276. The number of esters is 1. The van der Waals surface area contributed by atoms with E-state index in [1.807, 2.05) is 0 Å². The van der Waals surface area contributed by atoms with Gasteiger partial charge in [0, 0.05) is 0 Å². The van der Waals surface area contributed by atoms with Gasteiger partial charge in [-0.25, -0.2) is 4.79 Å². The SMILES string of the molecule is CCOC(=O)c1cc[c-]cc1.[Cl-].[Li+].[Zn+][I]. The van der Waals surface area contributed by atoms with Crippen molar-refractivity contribution in [3.63, 3.8) is 0 Å². The standard InChI is InChI=1S/C9H9O2.ClH.HI.Li.Zn/c1-2-11-9(10)8-6-4-3-5-7-8;;;;/h4-7H,2H2,1H3;2*1H;;/q-1;;;+1;+2/p-2. The molecule has 0 heterocycles. The zero-order valence-electron chi connectivity index (χ0n) is 8.80. The van der Waals surface area contributed by atoms with Crippen molar-refractivity contribution in [2.24, 2.45) is 0 Å². The molecule has 15 heavy (non-hydrogen) atoms. The van der Waals surface area contributed by atoms with E-state index < -0.39 is 0 Å². The summed E-state index contributed by atoms with van der Waals surface area (Å²) in [6, 6.07) is 9.55. The van der Waals surface area contributed by atoms with Crippen LogP contribution in [0.2, 0.25) is 0 Å². The van der Waals surface area contributed by atoms with Gasteiger partial charge in [0.25, 0.3) is 0 Å². The summed E-state index contributed by atoms with van der Waals surface area (Å²) in [6.45, 7) is 2.20. The van der Waals surface area contributed by atoms with Gasteiger partial charge in [-0.3, -0.25) is 0 Å². The van der Waals surface area contributed by atoms with Crippen LogP contribution in [0.3, 0.4) is 0 Å². The van der Waals surface area contributed by atoms with Gasteiger partial charge < -0.3 is 17.1 Å². The summed E-state index contributed by atoms with van der Waals surface area (Å²) in [5, 5.41) is 0. The van der Waals surface area contributed by atoms with Crippen LogP contribution < -0.4 is 31.3 Å². The Bertz CT molecular complexity index is 249. The van der Waals surface area contributed by atoms with Crippen LogP contribution in [-0.4, -0.2) is 12.6 Å². The van der Waals surface area contributed by atoms with E-state index in [1.54, 1.807) is 31.2 Å². The maximum atomic E-state index is 11.0. The molecule has 0 bridgehead atoms. The van der Waals surface area contributed by atoms with Gasteiger partial charge in [0.05, 0.1) is 6.61 Å². The van der Waals surface area contributed by atoms with Gasteiger partial charge in [-0.05, 0) is 12.5 Å². The summed E-state index contributed by atoms with van der Waals surface area (Å²) in [5.41, 5.74) is 0.575. The fourth-order valence-electron chi connectivity index (χ4n) is 0.737. The van der Waals surface area contributed by atoms with Crippen LogP contribution in [-0.2, 0) is 19.5 Å². The topological polar surface area (TPSA) is 26.3 Å². The molecule has 0 N–H and O–H groups in total. The van der Waals surface area contributed by atoms with Crippen molar-refractivity contribution in [1.29, 1.82) is 0 Å². The van der Waals surface area contributed by atoms with Crippen molar-refractivity contribution >= 4 is 25.7 Å². The van der Waals surface area contributed by atoms with E-state index >= 15 is 0 Å². The van der Waals surface area contributed by atoms with Crippen LogP contribution in [0.25, 0.3) is 0 Å². The molecule has 0 aliphatic rings. The Morgan fingerprint density at radius 2 is 1.93 bits per heavy atom. The quantitative estimate of drug-likeness (QED) is 0.230. The van der Waals surface area contributed by atoms with E-state index in [4.69, 9.17) is 4.74 Å². The Labute approximate surface area is 129 Å². The van der Waals surface area contributed by atoms with Gasteiger partial charge in [-0.15, -0.1) is 0 Å². The van der Waals surface area contributed by atoms with Gasteiger partial charge in [0.15, 0.2) is 0 Å². The van der Waals surface area contributed by atoms with Crippen molar-refractivity contribution in [2.75, 3.05) is 6.61 Å². The second-order valence-electron chi connectivity index (χ2n) is 2.01. The molecule has 0 saturated heterocycles. The molecule has 0 saturated carbocycles. The van der Waals surface area contributed by atoms with Crippen LogP contribution in [0.1, 0.15) is 17.3 Å². The number of halogens is 2. The molecule has 1 aromatic carbocycles. The third kappa shape index (κ3) is 9.84. The van der Waals surface area contributed by atoms with Crippen molar-refractivity contribution in [2.45, 2.75) is 6.92 Å². The maximum absolute atomic E-state index is 11.0. The summed E-state index contributed by atoms with van der Waals surface area (Å²) in [6.07, 6.45) is 0. The normalized spacial score (nSPS) is 7.20. The summed E-state index contributed by atoms with van der Waals surface area (Å²) in [5.74, 6) is -0.276. The second-order valence-corrected chi connectivity index (χ2v) is 2.01. The third-order valence-electron chi connectivity index (χ3n) is 1.23. The van der Waals surface area contributed by atoms with Crippen molar-refractivity contribution in [3.05, 3.63) is 35.9 Å². The average Bonchev–Trinajstić information content (AvgIpc) is 2.23. The van der Waals surface area contributed by atoms with Gasteiger partial charge in [0.2, 0.25) is 0 Å². The number of carbonyl (C=O) groups is 1. The van der Waals surface area contributed by atoms with E-state index in [1.165, 1.54) is 14.8 Å². The fourth-order valence-corrected chi connectivity index (χ4v) is 0.737. The Morgan fingerprint density at radius 3 is 2.33 bits per heavy atom. The van der Waals surface area contributed by atoms with Crippen LogP contribution in [0.5, 0.6) is 0 Å². The molecule has 1 aromatic rings. The zero-order valence-corrected chi connectivity index (χ0v) is 14.7. The fraction of sp³-hybridized carbons (Fsp3) is 0.222. The minimum absolute atomic E-state index is 0. The molecular formula is C9H9ClILiO2Zn. The number of rotatable bonds is 2. The molecule has 0 spiro atoms. The van der Waals surface area contributed by atoms with Crippen LogP contribution in [0, 0.1) is 6.07 Å². The third-order valence-corrected chi connectivity index (χ3v) is 1.23. The molecule has 0 atom stereocenters. The molecule has 2 nitrogen and oxygen atoms in total. The zero-order chi connectivity index (χ0) is 10.1. The molecule has 0 aliphatic heterocycles. The number of benzene rings is 1. The summed E-state index contributed by atoms with van der Waals surface area (Å²) >= 11 is 3.62. The Balaban J connectivity index is -0.000000339. The van der Waals surface area contributed by atoms with E-state index in [9.17, 15) is 4.79 Å². The van der Waals surface area contributed by atoms with Crippen LogP contribution in [0.4, 0.5) is 0 Å². The molecule has 0 aliphatic carbocycles. The summed E-state index contributed by atoms with van der Waals surface area (Å²) in [4.78, 5) is 11.0. The molecule has 6 heteroatoms. The second kappa shape index (κ2) is 14.9. The monoisotopic (exact) mass is 382 g/mol. The molecule has 0 unspecified atom stereocenters. The first-order chi connectivity index (χ1) is 6.34. The number of carbonyl (C=O) groups excluding carboxylic acids is 1. The van der Waals surface area contributed by atoms with E-state index in [0.29, 0.717) is 12.2 Å². The Kier molecular flexibility index (Phi) is 21.1. The first kappa shape index (κ1) is 21.2. The Morgan fingerprint density at radius 1 is 1.47 bits per heavy atom. The first-order valence-corrected chi connectivity index (χ1v) is 12.8. The van der Waals surface area contributed by atoms with Crippen LogP contribution in [0.15, 0.2) is 24.3 Å². The molecule has 1 rings (SSSR count). The first-order valence-electron chi connectivity index (χ1n) is 3.74. The predicted octanol–water partition coefficient (Wildman–Crippen LogP) is -3.45. The van der Waals surface area contributed by atoms with Gasteiger partial charge in [-0.2, -0.15) is 30.3 Å². The predicted molar refractivity (Wildman–Crippen MR) is 55.3 cm³/mol. The summed E-state index contributed by atoms with van der Waals surface area (Å²) < 4.78 is 4.78. The number of ether oxygens (including phenoxy) is 1. The van der Waals surface area contributed by atoms with Gasteiger partial charge in [0.1, 0.15) is 0 Å². The van der Waals surface area contributed by atoms with Gasteiger partial charge >= 0.3 is 59.4 Å². The molecule has 74 valence electrons. The molecule has 0 aromatic heterocycles. The average molecular weight is 384 g/mol. The van der Waals surface area contributed by atoms with E-state index in [-0.39, 0.29) is 37.2 Å². The molecule has 0 fully saturated rings. The van der Waals surface area contributed by atoms with Crippen molar-refractivity contribution in [1.82, 2.24) is 0 Å².